The highest BCUT2D eigenvalue weighted by molar-refractivity contribution is 7.98. The standard InChI is InChI=1S/C23H21N3O3S/c1-4-7-15-8-5-6-9-20(15)29-14-17-12-16(10-11-19(17)28-2)21-18(13-24)22(27)26-23(25-21)30-3/h4-6,8-12H,1,7,14H2,2-3H3,(H,25,26,27). The number of benzene rings is 2. The molecular weight excluding hydrogens is 398 g/mol. The molecule has 1 N–H and O–H groups in total. The lowest BCUT2D eigenvalue weighted by molar-refractivity contribution is 0.294. The number of aromatic amines is 1. The summed E-state index contributed by atoms with van der Waals surface area (Å²) in [4.78, 5) is 19.3. The van der Waals surface area contributed by atoms with Gasteiger partial charge >= 0.3 is 0 Å². The van der Waals surface area contributed by atoms with Gasteiger partial charge in [0.2, 0.25) is 0 Å². The topological polar surface area (TPSA) is 88.0 Å². The lowest BCUT2D eigenvalue weighted by Gasteiger charge is -2.14. The highest BCUT2D eigenvalue weighted by Crippen LogP contribution is 2.29. The number of ether oxygens (including phenoxy) is 2. The Morgan fingerprint density at radius 1 is 1.23 bits per heavy atom. The van der Waals surface area contributed by atoms with E-state index in [1.54, 1.807) is 19.2 Å². The molecule has 3 rings (SSSR count). The number of thioether (sulfide) groups is 1. The van der Waals surface area contributed by atoms with Crippen LogP contribution in [0.2, 0.25) is 0 Å². The SMILES string of the molecule is C=CCc1ccccc1OCc1cc(-c2nc(SC)[nH]c(=O)c2C#N)ccc1OC. The number of H-pyrrole nitrogens is 1. The molecule has 0 fully saturated rings. The fourth-order valence-electron chi connectivity index (χ4n) is 3.02. The molecule has 0 saturated carbocycles. The second kappa shape index (κ2) is 9.81. The minimum Gasteiger partial charge on any atom is -0.496 e. The summed E-state index contributed by atoms with van der Waals surface area (Å²) in [6, 6.07) is 15.1. The molecule has 0 saturated heterocycles. The molecule has 7 heteroatoms. The van der Waals surface area contributed by atoms with Crippen LogP contribution in [-0.2, 0) is 13.0 Å². The van der Waals surface area contributed by atoms with Crippen LogP contribution < -0.4 is 15.0 Å². The molecule has 30 heavy (non-hydrogen) atoms. The smallest absolute Gasteiger partial charge is 0.270 e. The van der Waals surface area contributed by atoms with Crippen molar-refractivity contribution in [3.63, 3.8) is 0 Å². The second-order valence-electron chi connectivity index (χ2n) is 6.33. The largest absolute Gasteiger partial charge is 0.496 e. The zero-order valence-corrected chi connectivity index (χ0v) is 17.6. The Kier molecular flexibility index (Phi) is 6.94. The fraction of sp³-hybridized carbons (Fsp3) is 0.174. The summed E-state index contributed by atoms with van der Waals surface area (Å²) in [6.45, 7) is 4.04. The minimum absolute atomic E-state index is 0.0267. The maximum absolute atomic E-state index is 12.3. The first-order valence-electron chi connectivity index (χ1n) is 9.18. The van der Waals surface area contributed by atoms with E-state index in [0.29, 0.717) is 28.6 Å². The molecule has 0 amide bonds. The molecule has 0 aliphatic rings. The van der Waals surface area contributed by atoms with E-state index in [1.807, 2.05) is 48.7 Å². The molecule has 1 heterocycles. The van der Waals surface area contributed by atoms with Crippen molar-refractivity contribution in [1.82, 2.24) is 9.97 Å². The number of rotatable bonds is 8. The van der Waals surface area contributed by atoms with Crippen molar-refractivity contribution in [3.05, 3.63) is 82.2 Å². The minimum atomic E-state index is -0.459. The maximum Gasteiger partial charge on any atom is 0.270 e. The molecule has 0 unspecified atom stereocenters. The predicted molar refractivity (Wildman–Crippen MR) is 118 cm³/mol. The van der Waals surface area contributed by atoms with E-state index in [9.17, 15) is 10.1 Å². The second-order valence-corrected chi connectivity index (χ2v) is 7.12. The van der Waals surface area contributed by atoms with Crippen LogP contribution in [0.1, 0.15) is 16.7 Å². The van der Waals surface area contributed by atoms with Crippen LogP contribution in [0.15, 0.2) is 65.1 Å². The Bertz CT molecular complexity index is 1170. The van der Waals surface area contributed by atoms with Crippen molar-refractivity contribution in [1.29, 1.82) is 5.26 Å². The number of methoxy groups -OCH3 is 1. The first kappa shape index (κ1) is 21.2. The van der Waals surface area contributed by atoms with Gasteiger partial charge in [0.1, 0.15) is 29.7 Å². The molecule has 6 nitrogen and oxygen atoms in total. The number of nitrogens with zero attached hydrogens (tertiary/aromatic N) is 2. The van der Waals surface area contributed by atoms with Crippen LogP contribution in [0.4, 0.5) is 0 Å². The van der Waals surface area contributed by atoms with Crippen molar-refractivity contribution in [2.45, 2.75) is 18.2 Å². The number of hydrogen-bond donors (Lipinski definition) is 1. The third-order valence-electron chi connectivity index (χ3n) is 4.48. The summed E-state index contributed by atoms with van der Waals surface area (Å²) in [5.74, 6) is 1.41. The summed E-state index contributed by atoms with van der Waals surface area (Å²) >= 11 is 1.30. The van der Waals surface area contributed by atoms with Gasteiger partial charge in [-0.1, -0.05) is 36.0 Å². The maximum atomic E-state index is 12.3. The number of allylic oxidation sites excluding steroid dienone is 1. The quantitative estimate of drug-likeness (QED) is 0.332. The van der Waals surface area contributed by atoms with Crippen molar-refractivity contribution in [2.75, 3.05) is 13.4 Å². The van der Waals surface area contributed by atoms with E-state index in [4.69, 9.17) is 9.47 Å². The van der Waals surface area contributed by atoms with Crippen molar-refractivity contribution in [3.8, 4) is 28.8 Å². The van der Waals surface area contributed by atoms with E-state index in [1.165, 1.54) is 11.8 Å². The highest BCUT2D eigenvalue weighted by Gasteiger charge is 2.16. The lowest BCUT2D eigenvalue weighted by Crippen LogP contribution is -2.14. The first-order valence-corrected chi connectivity index (χ1v) is 10.4. The Balaban J connectivity index is 2.00. The van der Waals surface area contributed by atoms with Gasteiger partial charge in [-0.05, 0) is 42.5 Å². The monoisotopic (exact) mass is 419 g/mol. The number of nitriles is 1. The van der Waals surface area contributed by atoms with Crippen molar-refractivity contribution < 1.29 is 9.47 Å². The summed E-state index contributed by atoms with van der Waals surface area (Å²) in [7, 11) is 1.59. The predicted octanol–water partition coefficient (Wildman–Crippen LogP) is 4.35. The van der Waals surface area contributed by atoms with Crippen LogP contribution >= 0.6 is 11.8 Å². The molecule has 1 aromatic heterocycles. The molecule has 0 aliphatic heterocycles. The molecule has 0 radical (unpaired) electrons. The molecule has 2 aromatic carbocycles. The van der Waals surface area contributed by atoms with Gasteiger partial charge in [0.05, 0.1) is 12.8 Å². The van der Waals surface area contributed by atoms with Gasteiger partial charge in [0.25, 0.3) is 5.56 Å². The van der Waals surface area contributed by atoms with Gasteiger partial charge in [-0.2, -0.15) is 5.26 Å². The lowest BCUT2D eigenvalue weighted by atomic mass is 10.0. The van der Waals surface area contributed by atoms with E-state index in [0.717, 1.165) is 16.9 Å². The van der Waals surface area contributed by atoms with Gasteiger partial charge in [-0.25, -0.2) is 4.98 Å². The first-order chi connectivity index (χ1) is 14.6. The van der Waals surface area contributed by atoms with Crippen LogP contribution in [0.5, 0.6) is 11.5 Å². The molecular formula is C23H21N3O3S. The van der Waals surface area contributed by atoms with Crippen LogP contribution in [0.3, 0.4) is 0 Å². The molecule has 0 spiro atoms. The van der Waals surface area contributed by atoms with Crippen molar-refractivity contribution >= 4 is 11.8 Å². The summed E-state index contributed by atoms with van der Waals surface area (Å²) in [5.41, 5.74) is 2.31. The van der Waals surface area contributed by atoms with Gasteiger partial charge in [0, 0.05) is 11.1 Å². The Hall–Kier alpha value is -3.50. The van der Waals surface area contributed by atoms with Crippen molar-refractivity contribution in [2.24, 2.45) is 0 Å². The van der Waals surface area contributed by atoms with E-state index >= 15 is 0 Å². The number of hydrogen-bond acceptors (Lipinski definition) is 6. The average molecular weight is 420 g/mol. The van der Waals surface area contributed by atoms with Crippen LogP contribution in [-0.4, -0.2) is 23.3 Å². The van der Waals surface area contributed by atoms with Gasteiger partial charge in [0.15, 0.2) is 5.16 Å². The van der Waals surface area contributed by atoms with Crippen LogP contribution in [0.25, 0.3) is 11.3 Å². The van der Waals surface area contributed by atoms with Gasteiger partial charge in [-0.3, -0.25) is 4.79 Å². The Morgan fingerprint density at radius 2 is 2.03 bits per heavy atom. The molecule has 0 aliphatic carbocycles. The summed E-state index contributed by atoms with van der Waals surface area (Å²) in [5, 5.41) is 9.90. The van der Waals surface area contributed by atoms with Gasteiger partial charge < -0.3 is 14.5 Å². The number of aromatic nitrogens is 2. The Labute approximate surface area is 179 Å². The molecule has 152 valence electrons. The summed E-state index contributed by atoms with van der Waals surface area (Å²) < 4.78 is 11.5. The van der Waals surface area contributed by atoms with Gasteiger partial charge in [-0.15, -0.1) is 6.58 Å². The molecule has 3 aromatic rings. The highest BCUT2D eigenvalue weighted by atomic mass is 32.2. The van der Waals surface area contributed by atoms with E-state index in [-0.39, 0.29) is 12.2 Å². The van der Waals surface area contributed by atoms with E-state index in [2.05, 4.69) is 16.5 Å². The number of para-hydroxylation sites is 1. The third-order valence-corrected chi connectivity index (χ3v) is 5.06. The third kappa shape index (κ3) is 4.56. The molecule has 0 bridgehead atoms. The normalized spacial score (nSPS) is 10.3. The Morgan fingerprint density at radius 3 is 2.73 bits per heavy atom. The van der Waals surface area contributed by atoms with Crippen LogP contribution in [0, 0.1) is 11.3 Å². The van der Waals surface area contributed by atoms with E-state index < -0.39 is 5.56 Å². The summed E-state index contributed by atoms with van der Waals surface area (Å²) in [6.07, 6.45) is 4.34. The molecule has 0 atom stereocenters. The fourth-order valence-corrected chi connectivity index (χ4v) is 3.40. The average Bonchev–Trinajstić information content (AvgIpc) is 2.77. The zero-order valence-electron chi connectivity index (χ0n) is 16.8. The number of nitrogens with one attached hydrogen (secondary N) is 1. The zero-order chi connectivity index (χ0) is 21.5.